The van der Waals surface area contributed by atoms with Gasteiger partial charge in [-0.05, 0) is 49.8 Å². The molecule has 1 aromatic rings. The standard InChI is InChI=1S/C15H20ClNO3/c1-20-14-7-4-11(16)8-13(14)15(19)17-12-5-2-10(9-18)3-6-12/h4,7-8,10,12,18H,2-3,5-6,9H2,1H3,(H,17,19). The van der Waals surface area contributed by atoms with E-state index < -0.39 is 0 Å². The van der Waals surface area contributed by atoms with Gasteiger partial charge < -0.3 is 15.2 Å². The van der Waals surface area contributed by atoms with Crippen molar-refractivity contribution in [2.75, 3.05) is 13.7 Å². The summed E-state index contributed by atoms with van der Waals surface area (Å²) in [6.45, 7) is 0.239. The highest BCUT2D eigenvalue weighted by atomic mass is 35.5. The lowest BCUT2D eigenvalue weighted by molar-refractivity contribution is 0.0911. The predicted molar refractivity (Wildman–Crippen MR) is 78.3 cm³/mol. The molecule has 0 saturated heterocycles. The summed E-state index contributed by atoms with van der Waals surface area (Å²) in [5, 5.41) is 12.7. The first kappa shape index (κ1) is 15.1. The number of methoxy groups -OCH3 is 1. The van der Waals surface area contributed by atoms with E-state index in [9.17, 15) is 4.79 Å². The summed E-state index contributed by atoms with van der Waals surface area (Å²) in [6, 6.07) is 5.17. The second kappa shape index (κ2) is 6.95. The second-order valence-corrected chi connectivity index (χ2v) is 5.65. The minimum Gasteiger partial charge on any atom is -0.496 e. The molecule has 1 fully saturated rings. The molecule has 0 spiro atoms. The molecule has 1 amide bonds. The molecule has 5 heteroatoms. The summed E-state index contributed by atoms with van der Waals surface area (Å²) < 4.78 is 5.19. The van der Waals surface area contributed by atoms with Crippen molar-refractivity contribution >= 4 is 17.5 Å². The van der Waals surface area contributed by atoms with Crippen molar-refractivity contribution in [3.8, 4) is 5.75 Å². The number of rotatable bonds is 4. The van der Waals surface area contributed by atoms with Gasteiger partial charge in [0.25, 0.3) is 5.91 Å². The van der Waals surface area contributed by atoms with Gasteiger partial charge in [-0.1, -0.05) is 11.6 Å². The first-order chi connectivity index (χ1) is 9.63. The normalized spacial score (nSPS) is 22.4. The molecule has 1 aromatic carbocycles. The Bertz CT molecular complexity index is 470. The first-order valence-electron chi connectivity index (χ1n) is 6.89. The molecular weight excluding hydrogens is 278 g/mol. The van der Waals surface area contributed by atoms with Crippen molar-refractivity contribution < 1.29 is 14.6 Å². The van der Waals surface area contributed by atoms with E-state index in [1.165, 1.54) is 7.11 Å². The number of aliphatic hydroxyl groups is 1. The van der Waals surface area contributed by atoms with Crippen LogP contribution < -0.4 is 10.1 Å². The molecule has 1 aliphatic rings. The lowest BCUT2D eigenvalue weighted by Crippen LogP contribution is -2.38. The molecule has 2 rings (SSSR count). The van der Waals surface area contributed by atoms with Gasteiger partial charge in [0.05, 0.1) is 12.7 Å². The first-order valence-corrected chi connectivity index (χ1v) is 7.27. The Kier molecular flexibility index (Phi) is 5.26. The number of hydrogen-bond donors (Lipinski definition) is 2. The van der Waals surface area contributed by atoms with Gasteiger partial charge in [-0.3, -0.25) is 4.79 Å². The number of aliphatic hydroxyl groups excluding tert-OH is 1. The molecule has 2 N–H and O–H groups in total. The molecule has 0 radical (unpaired) electrons. The molecule has 110 valence electrons. The van der Waals surface area contributed by atoms with Crippen molar-refractivity contribution in [2.45, 2.75) is 31.7 Å². The van der Waals surface area contributed by atoms with Crippen LogP contribution >= 0.6 is 11.6 Å². The highest BCUT2D eigenvalue weighted by Crippen LogP contribution is 2.26. The van der Waals surface area contributed by atoms with Crippen LogP contribution in [0.4, 0.5) is 0 Å². The van der Waals surface area contributed by atoms with Crippen LogP contribution in [-0.2, 0) is 0 Å². The number of hydrogen-bond acceptors (Lipinski definition) is 3. The molecule has 4 nitrogen and oxygen atoms in total. The average Bonchev–Trinajstić information content (AvgIpc) is 2.48. The maximum absolute atomic E-state index is 12.3. The van der Waals surface area contributed by atoms with Gasteiger partial charge in [0.1, 0.15) is 5.75 Å². The fourth-order valence-corrected chi connectivity index (χ4v) is 2.78. The summed E-state index contributed by atoms with van der Waals surface area (Å²) in [7, 11) is 1.53. The zero-order valence-corrected chi connectivity index (χ0v) is 12.3. The second-order valence-electron chi connectivity index (χ2n) is 5.22. The number of nitrogens with one attached hydrogen (secondary N) is 1. The van der Waals surface area contributed by atoms with E-state index in [0.29, 0.717) is 22.3 Å². The number of carbonyl (C=O) groups is 1. The van der Waals surface area contributed by atoms with E-state index in [-0.39, 0.29) is 18.6 Å². The zero-order valence-electron chi connectivity index (χ0n) is 11.6. The van der Waals surface area contributed by atoms with Crippen LogP contribution in [0.25, 0.3) is 0 Å². The highest BCUT2D eigenvalue weighted by Gasteiger charge is 2.23. The Hall–Kier alpha value is -1.26. The largest absolute Gasteiger partial charge is 0.496 e. The molecule has 1 saturated carbocycles. The fraction of sp³-hybridized carbons (Fsp3) is 0.533. The summed E-state index contributed by atoms with van der Waals surface area (Å²) in [5.74, 6) is 0.747. The smallest absolute Gasteiger partial charge is 0.255 e. The van der Waals surface area contributed by atoms with Crippen molar-refractivity contribution in [1.82, 2.24) is 5.32 Å². The van der Waals surface area contributed by atoms with Gasteiger partial charge in [-0.2, -0.15) is 0 Å². The van der Waals surface area contributed by atoms with Gasteiger partial charge in [0.15, 0.2) is 0 Å². The number of carbonyl (C=O) groups excluding carboxylic acids is 1. The van der Waals surface area contributed by atoms with Gasteiger partial charge in [-0.15, -0.1) is 0 Å². The molecule has 0 bridgehead atoms. The molecule has 0 atom stereocenters. The minimum atomic E-state index is -0.156. The van der Waals surface area contributed by atoms with Crippen LogP contribution in [0, 0.1) is 5.92 Å². The molecule has 0 unspecified atom stereocenters. The fourth-order valence-electron chi connectivity index (χ4n) is 2.61. The van der Waals surface area contributed by atoms with Crippen LogP contribution in [0.3, 0.4) is 0 Å². The van der Waals surface area contributed by atoms with Crippen LogP contribution in [0.2, 0.25) is 5.02 Å². The lowest BCUT2D eigenvalue weighted by Gasteiger charge is -2.28. The number of benzene rings is 1. The predicted octanol–water partition coefficient (Wildman–Crippen LogP) is 2.63. The van der Waals surface area contributed by atoms with Crippen LogP contribution in [0.5, 0.6) is 5.75 Å². The maximum atomic E-state index is 12.3. The van der Waals surface area contributed by atoms with Crippen molar-refractivity contribution in [3.05, 3.63) is 28.8 Å². The molecule has 1 aliphatic carbocycles. The minimum absolute atomic E-state index is 0.156. The summed E-state index contributed by atoms with van der Waals surface area (Å²) >= 11 is 5.94. The molecule has 0 aliphatic heterocycles. The van der Waals surface area contributed by atoms with E-state index in [1.54, 1.807) is 18.2 Å². The van der Waals surface area contributed by atoms with Gasteiger partial charge in [0, 0.05) is 17.7 Å². The van der Waals surface area contributed by atoms with E-state index in [4.69, 9.17) is 21.4 Å². The average molecular weight is 298 g/mol. The SMILES string of the molecule is COc1ccc(Cl)cc1C(=O)NC1CCC(CO)CC1. The van der Waals surface area contributed by atoms with Gasteiger partial charge in [-0.25, -0.2) is 0 Å². The van der Waals surface area contributed by atoms with Gasteiger partial charge in [0.2, 0.25) is 0 Å². The number of amides is 1. The zero-order chi connectivity index (χ0) is 14.5. The Morgan fingerprint density at radius 3 is 2.70 bits per heavy atom. The van der Waals surface area contributed by atoms with E-state index >= 15 is 0 Å². The monoisotopic (exact) mass is 297 g/mol. The Morgan fingerprint density at radius 2 is 2.10 bits per heavy atom. The summed E-state index contributed by atoms with van der Waals surface area (Å²) in [6.07, 6.45) is 3.71. The van der Waals surface area contributed by atoms with E-state index in [0.717, 1.165) is 25.7 Å². The number of ether oxygens (including phenoxy) is 1. The van der Waals surface area contributed by atoms with Crippen molar-refractivity contribution in [2.24, 2.45) is 5.92 Å². The highest BCUT2D eigenvalue weighted by molar-refractivity contribution is 6.31. The molecule has 20 heavy (non-hydrogen) atoms. The van der Waals surface area contributed by atoms with Crippen LogP contribution in [-0.4, -0.2) is 30.8 Å². The summed E-state index contributed by atoms with van der Waals surface area (Å²) in [4.78, 5) is 12.3. The Labute approximate surface area is 124 Å². The Balaban J connectivity index is 2.00. The quantitative estimate of drug-likeness (QED) is 0.898. The van der Waals surface area contributed by atoms with Crippen molar-refractivity contribution in [3.63, 3.8) is 0 Å². The van der Waals surface area contributed by atoms with Crippen molar-refractivity contribution in [1.29, 1.82) is 0 Å². The summed E-state index contributed by atoms with van der Waals surface area (Å²) in [5.41, 5.74) is 0.462. The molecule has 0 heterocycles. The van der Waals surface area contributed by atoms with Gasteiger partial charge >= 0.3 is 0 Å². The third kappa shape index (κ3) is 3.64. The van der Waals surface area contributed by atoms with E-state index in [2.05, 4.69) is 5.32 Å². The van der Waals surface area contributed by atoms with Crippen LogP contribution in [0.15, 0.2) is 18.2 Å². The Morgan fingerprint density at radius 1 is 1.40 bits per heavy atom. The molecular formula is C15H20ClNO3. The third-order valence-corrected chi connectivity index (χ3v) is 4.08. The third-order valence-electron chi connectivity index (χ3n) is 3.85. The number of halogens is 1. The van der Waals surface area contributed by atoms with Crippen LogP contribution in [0.1, 0.15) is 36.0 Å². The maximum Gasteiger partial charge on any atom is 0.255 e. The lowest BCUT2D eigenvalue weighted by atomic mass is 9.86. The van der Waals surface area contributed by atoms with E-state index in [1.807, 2.05) is 0 Å². The topological polar surface area (TPSA) is 58.6 Å². The molecule has 0 aromatic heterocycles.